The van der Waals surface area contributed by atoms with E-state index in [-0.39, 0.29) is 11.9 Å². The van der Waals surface area contributed by atoms with Crippen LogP contribution in [0.15, 0.2) is 18.2 Å². The summed E-state index contributed by atoms with van der Waals surface area (Å²) in [5.74, 6) is -0.488. The van der Waals surface area contributed by atoms with Gasteiger partial charge in [-0.25, -0.2) is 4.79 Å². The minimum Gasteiger partial charge on any atom is -0.490 e. The molecule has 132 valence electrons. The molecule has 2 N–H and O–H groups in total. The number of aliphatic carboxylic acids is 1. The topological polar surface area (TPSA) is 84.9 Å². The van der Waals surface area contributed by atoms with Gasteiger partial charge in [0, 0.05) is 11.6 Å². The van der Waals surface area contributed by atoms with E-state index < -0.39 is 12.6 Å². The summed E-state index contributed by atoms with van der Waals surface area (Å²) in [5.41, 5.74) is 0.491. The number of ether oxygens (including phenoxy) is 2. The molecule has 6 heteroatoms. The van der Waals surface area contributed by atoms with E-state index in [0.29, 0.717) is 23.7 Å². The molecule has 1 amide bonds. The van der Waals surface area contributed by atoms with Crippen molar-refractivity contribution >= 4 is 11.9 Å². The molecule has 0 aliphatic heterocycles. The number of benzene rings is 1. The van der Waals surface area contributed by atoms with Crippen molar-refractivity contribution in [2.24, 2.45) is 0 Å². The standard InChI is InChI=1S/C18H25NO5/c1-2-23-16-11-13(9-10-15(16)24-12-17(20)21)18(22)19-14-7-5-3-4-6-8-14/h9-11,14H,2-8,12H2,1H3,(H,19,22)(H,20,21). The maximum Gasteiger partial charge on any atom is 0.341 e. The molecule has 1 aromatic carbocycles. The molecule has 0 spiro atoms. The first-order chi connectivity index (χ1) is 11.6. The van der Waals surface area contributed by atoms with Crippen molar-refractivity contribution in [2.45, 2.75) is 51.5 Å². The van der Waals surface area contributed by atoms with Crippen LogP contribution in [0.3, 0.4) is 0 Å². The minimum absolute atomic E-state index is 0.132. The lowest BCUT2D eigenvalue weighted by molar-refractivity contribution is -0.139. The quantitative estimate of drug-likeness (QED) is 0.748. The zero-order valence-electron chi connectivity index (χ0n) is 14.0. The van der Waals surface area contributed by atoms with Crippen LogP contribution in [0.25, 0.3) is 0 Å². The van der Waals surface area contributed by atoms with Gasteiger partial charge in [0.15, 0.2) is 18.1 Å². The van der Waals surface area contributed by atoms with Gasteiger partial charge in [0.2, 0.25) is 0 Å². The van der Waals surface area contributed by atoms with Crippen LogP contribution in [0.5, 0.6) is 11.5 Å². The largest absolute Gasteiger partial charge is 0.490 e. The highest BCUT2D eigenvalue weighted by molar-refractivity contribution is 5.95. The molecule has 2 rings (SSSR count). The molecule has 0 atom stereocenters. The molecule has 1 aliphatic rings. The second-order valence-corrected chi connectivity index (χ2v) is 5.94. The van der Waals surface area contributed by atoms with Gasteiger partial charge in [-0.2, -0.15) is 0 Å². The van der Waals surface area contributed by atoms with E-state index in [1.54, 1.807) is 18.2 Å². The van der Waals surface area contributed by atoms with Crippen molar-refractivity contribution in [3.63, 3.8) is 0 Å². The Morgan fingerprint density at radius 3 is 2.46 bits per heavy atom. The SMILES string of the molecule is CCOc1cc(C(=O)NC2CCCCCC2)ccc1OCC(=O)O. The molecule has 24 heavy (non-hydrogen) atoms. The van der Waals surface area contributed by atoms with E-state index in [1.807, 2.05) is 6.92 Å². The third kappa shape index (κ3) is 5.44. The van der Waals surface area contributed by atoms with E-state index >= 15 is 0 Å². The lowest BCUT2D eigenvalue weighted by Gasteiger charge is -2.17. The Morgan fingerprint density at radius 2 is 1.83 bits per heavy atom. The average Bonchev–Trinajstić information content (AvgIpc) is 2.82. The Hall–Kier alpha value is -2.24. The minimum atomic E-state index is -1.06. The molecular formula is C18H25NO5. The van der Waals surface area contributed by atoms with Crippen LogP contribution in [-0.2, 0) is 4.79 Å². The highest BCUT2D eigenvalue weighted by Gasteiger charge is 2.17. The first-order valence-corrected chi connectivity index (χ1v) is 8.52. The number of carboxylic acid groups (broad SMARTS) is 1. The first-order valence-electron chi connectivity index (χ1n) is 8.52. The van der Waals surface area contributed by atoms with Gasteiger partial charge < -0.3 is 19.9 Å². The number of carbonyl (C=O) groups excluding carboxylic acids is 1. The molecule has 0 heterocycles. The van der Waals surface area contributed by atoms with Crippen LogP contribution in [0.1, 0.15) is 55.8 Å². The van der Waals surface area contributed by atoms with Crippen LogP contribution >= 0.6 is 0 Å². The van der Waals surface area contributed by atoms with Gasteiger partial charge in [0.25, 0.3) is 5.91 Å². The molecule has 1 fully saturated rings. The Labute approximate surface area is 142 Å². The van der Waals surface area contributed by atoms with Gasteiger partial charge in [0.1, 0.15) is 0 Å². The maximum atomic E-state index is 12.5. The third-order valence-electron chi connectivity index (χ3n) is 4.05. The number of carbonyl (C=O) groups is 2. The molecule has 1 aromatic rings. The molecule has 1 aliphatic carbocycles. The van der Waals surface area contributed by atoms with Gasteiger partial charge in [-0.1, -0.05) is 25.7 Å². The second kappa shape index (κ2) is 9.15. The van der Waals surface area contributed by atoms with Crippen LogP contribution in [-0.4, -0.2) is 36.2 Å². The van der Waals surface area contributed by atoms with Crippen LogP contribution < -0.4 is 14.8 Å². The second-order valence-electron chi connectivity index (χ2n) is 5.94. The summed E-state index contributed by atoms with van der Waals surface area (Å²) in [6.07, 6.45) is 6.80. The Balaban J connectivity index is 2.06. The van der Waals surface area contributed by atoms with Crippen molar-refractivity contribution in [1.29, 1.82) is 0 Å². The fourth-order valence-corrected chi connectivity index (χ4v) is 2.87. The first kappa shape index (κ1) is 18.1. The summed E-state index contributed by atoms with van der Waals surface area (Å²) in [4.78, 5) is 23.1. The Bertz CT molecular complexity index is 565. The molecule has 0 unspecified atom stereocenters. The fraction of sp³-hybridized carbons (Fsp3) is 0.556. The number of hydrogen-bond donors (Lipinski definition) is 2. The molecule has 6 nitrogen and oxygen atoms in total. The van der Waals surface area contributed by atoms with Crippen LogP contribution in [0.2, 0.25) is 0 Å². The van der Waals surface area contributed by atoms with Crippen LogP contribution in [0, 0.1) is 0 Å². The average molecular weight is 335 g/mol. The summed E-state index contributed by atoms with van der Waals surface area (Å²) in [5, 5.41) is 11.8. The fourth-order valence-electron chi connectivity index (χ4n) is 2.87. The van der Waals surface area contributed by atoms with Gasteiger partial charge in [0.05, 0.1) is 6.61 Å². The van der Waals surface area contributed by atoms with Gasteiger partial charge in [-0.3, -0.25) is 4.79 Å². The highest BCUT2D eigenvalue weighted by atomic mass is 16.5. The predicted octanol–water partition coefficient (Wildman–Crippen LogP) is 3.00. The molecule has 0 bridgehead atoms. The van der Waals surface area contributed by atoms with E-state index in [0.717, 1.165) is 25.7 Å². The van der Waals surface area contributed by atoms with E-state index in [1.165, 1.54) is 12.8 Å². The molecule has 0 radical (unpaired) electrons. The lowest BCUT2D eigenvalue weighted by atomic mass is 10.1. The third-order valence-corrected chi connectivity index (χ3v) is 4.05. The lowest BCUT2D eigenvalue weighted by Crippen LogP contribution is -2.34. The molecule has 0 saturated heterocycles. The van der Waals surface area contributed by atoms with Crippen molar-refractivity contribution in [3.05, 3.63) is 23.8 Å². The molecular weight excluding hydrogens is 310 g/mol. The smallest absolute Gasteiger partial charge is 0.341 e. The van der Waals surface area contributed by atoms with Gasteiger partial charge in [-0.05, 0) is 38.0 Å². The van der Waals surface area contributed by atoms with Crippen molar-refractivity contribution in [1.82, 2.24) is 5.32 Å². The number of amides is 1. The number of rotatable bonds is 7. The normalized spacial score (nSPS) is 15.4. The van der Waals surface area contributed by atoms with E-state index in [2.05, 4.69) is 5.32 Å². The summed E-state index contributed by atoms with van der Waals surface area (Å²) in [6.45, 7) is 1.77. The summed E-state index contributed by atoms with van der Waals surface area (Å²) in [7, 11) is 0. The zero-order chi connectivity index (χ0) is 17.4. The summed E-state index contributed by atoms with van der Waals surface area (Å²) >= 11 is 0. The van der Waals surface area contributed by atoms with E-state index in [9.17, 15) is 9.59 Å². The number of nitrogens with one attached hydrogen (secondary N) is 1. The number of hydrogen-bond acceptors (Lipinski definition) is 4. The van der Waals surface area contributed by atoms with Crippen molar-refractivity contribution in [3.8, 4) is 11.5 Å². The monoisotopic (exact) mass is 335 g/mol. The maximum absolute atomic E-state index is 12.5. The van der Waals surface area contributed by atoms with Crippen molar-refractivity contribution < 1.29 is 24.2 Å². The Morgan fingerprint density at radius 1 is 1.12 bits per heavy atom. The van der Waals surface area contributed by atoms with Crippen molar-refractivity contribution in [2.75, 3.05) is 13.2 Å². The van der Waals surface area contributed by atoms with Gasteiger partial charge in [-0.15, -0.1) is 0 Å². The molecule has 1 saturated carbocycles. The number of carboxylic acids is 1. The zero-order valence-corrected chi connectivity index (χ0v) is 14.0. The van der Waals surface area contributed by atoms with Crippen LogP contribution in [0.4, 0.5) is 0 Å². The van der Waals surface area contributed by atoms with Gasteiger partial charge >= 0.3 is 5.97 Å². The molecule has 0 aromatic heterocycles. The predicted molar refractivity (Wildman–Crippen MR) is 89.7 cm³/mol. The highest BCUT2D eigenvalue weighted by Crippen LogP contribution is 2.29. The summed E-state index contributed by atoms with van der Waals surface area (Å²) < 4.78 is 10.7. The Kier molecular flexibility index (Phi) is 6.90. The summed E-state index contributed by atoms with van der Waals surface area (Å²) in [6, 6.07) is 5.03. The van der Waals surface area contributed by atoms with E-state index in [4.69, 9.17) is 14.6 Å².